The third kappa shape index (κ3) is 4.43. The summed E-state index contributed by atoms with van der Waals surface area (Å²) in [6.45, 7) is 4.14. The molecule has 0 aliphatic rings. The second kappa shape index (κ2) is 7.75. The van der Waals surface area contributed by atoms with Crippen LogP contribution in [0.25, 0.3) is 0 Å². The van der Waals surface area contributed by atoms with Crippen molar-refractivity contribution in [3.05, 3.63) is 64.0 Å². The maximum atomic E-state index is 12.4. The number of halogens is 1. The molecule has 9 heteroatoms. The third-order valence-corrected chi connectivity index (χ3v) is 4.63. The van der Waals surface area contributed by atoms with E-state index in [0.717, 1.165) is 15.7 Å². The van der Waals surface area contributed by atoms with Crippen molar-refractivity contribution in [3.8, 4) is 0 Å². The van der Waals surface area contributed by atoms with Gasteiger partial charge in [0.1, 0.15) is 6.04 Å². The Bertz CT molecular complexity index is 977. The van der Waals surface area contributed by atoms with Gasteiger partial charge < -0.3 is 10.4 Å². The molecule has 2 heterocycles. The van der Waals surface area contributed by atoms with Crippen molar-refractivity contribution in [2.75, 3.05) is 5.32 Å². The molecule has 8 nitrogen and oxygen atoms in total. The molecule has 3 aromatic rings. The molecule has 0 radical (unpaired) electrons. The number of aromatic nitrogens is 4. The van der Waals surface area contributed by atoms with Gasteiger partial charge in [0, 0.05) is 22.4 Å². The van der Waals surface area contributed by atoms with Crippen molar-refractivity contribution in [1.82, 2.24) is 19.6 Å². The summed E-state index contributed by atoms with van der Waals surface area (Å²) >= 11 is 3.41. The first-order valence-corrected chi connectivity index (χ1v) is 9.00. The highest BCUT2D eigenvalue weighted by molar-refractivity contribution is 9.10. The summed E-state index contributed by atoms with van der Waals surface area (Å²) in [6, 6.07) is 9.05. The van der Waals surface area contributed by atoms with E-state index in [2.05, 4.69) is 31.4 Å². The molecule has 140 valence electrons. The Morgan fingerprint density at radius 2 is 2.00 bits per heavy atom. The Labute approximate surface area is 163 Å². The highest BCUT2D eigenvalue weighted by Gasteiger charge is 2.19. The van der Waals surface area contributed by atoms with E-state index in [1.165, 1.54) is 17.1 Å². The number of carboxylic acids is 1. The number of carbonyl (C=O) groups is 2. The van der Waals surface area contributed by atoms with Crippen LogP contribution in [0.3, 0.4) is 0 Å². The van der Waals surface area contributed by atoms with Crippen molar-refractivity contribution in [2.24, 2.45) is 0 Å². The van der Waals surface area contributed by atoms with Crippen LogP contribution in [0, 0.1) is 6.92 Å². The van der Waals surface area contributed by atoms with E-state index < -0.39 is 12.0 Å². The van der Waals surface area contributed by atoms with E-state index in [-0.39, 0.29) is 11.5 Å². The first kappa shape index (κ1) is 18.8. The zero-order valence-electron chi connectivity index (χ0n) is 14.8. The minimum atomic E-state index is -1.09. The molecule has 2 aromatic heterocycles. The van der Waals surface area contributed by atoms with Gasteiger partial charge in [0.15, 0.2) is 5.82 Å². The quantitative estimate of drug-likeness (QED) is 0.624. The topological polar surface area (TPSA) is 102 Å². The molecule has 0 fully saturated rings. The van der Waals surface area contributed by atoms with Gasteiger partial charge >= 0.3 is 5.97 Å². The van der Waals surface area contributed by atoms with Crippen LogP contribution in [0.2, 0.25) is 0 Å². The smallest absolute Gasteiger partial charge is 0.338 e. The van der Waals surface area contributed by atoms with Gasteiger partial charge in [-0.3, -0.25) is 14.2 Å². The van der Waals surface area contributed by atoms with E-state index in [1.807, 2.05) is 31.2 Å². The number of hydrogen-bond acceptors (Lipinski definition) is 4. The van der Waals surface area contributed by atoms with Crippen molar-refractivity contribution < 1.29 is 14.7 Å². The molecule has 2 N–H and O–H groups in total. The molecule has 27 heavy (non-hydrogen) atoms. The Morgan fingerprint density at radius 1 is 1.30 bits per heavy atom. The van der Waals surface area contributed by atoms with Crippen LogP contribution in [0.5, 0.6) is 0 Å². The zero-order valence-corrected chi connectivity index (χ0v) is 16.3. The molecule has 1 amide bonds. The molecular formula is C18H18BrN5O3. The van der Waals surface area contributed by atoms with Gasteiger partial charge in [0.05, 0.1) is 18.3 Å². The molecule has 1 aromatic carbocycles. The van der Waals surface area contributed by atoms with Gasteiger partial charge in [-0.25, -0.2) is 4.79 Å². The van der Waals surface area contributed by atoms with Crippen LogP contribution in [-0.4, -0.2) is 36.5 Å². The number of benzene rings is 1. The molecule has 0 bridgehead atoms. The molecule has 0 saturated carbocycles. The number of anilines is 1. The first-order valence-electron chi connectivity index (χ1n) is 8.20. The number of aryl methyl sites for hydroxylation is 1. The lowest BCUT2D eigenvalue weighted by Crippen LogP contribution is -2.24. The standard InChI is InChI=1S/C18H18BrN5O3/c1-11-7-16(22-23(11)9-13-3-5-15(19)6-4-13)21-17(25)12(2)24-10-14(8-20-24)18(26)27/h3-8,10,12H,9H2,1-2H3,(H,26,27)(H,21,22,25). The maximum Gasteiger partial charge on any atom is 0.338 e. The minimum Gasteiger partial charge on any atom is -0.478 e. The van der Waals surface area contributed by atoms with Crippen LogP contribution in [0.4, 0.5) is 5.82 Å². The fourth-order valence-electron chi connectivity index (χ4n) is 2.51. The first-order chi connectivity index (χ1) is 12.8. The second-order valence-electron chi connectivity index (χ2n) is 6.13. The second-order valence-corrected chi connectivity index (χ2v) is 7.05. The Balaban J connectivity index is 1.68. The molecular weight excluding hydrogens is 414 g/mol. The Morgan fingerprint density at radius 3 is 2.63 bits per heavy atom. The third-order valence-electron chi connectivity index (χ3n) is 4.10. The van der Waals surface area contributed by atoms with Gasteiger partial charge in [-0.1, -0.05) is 28.1 Å². The Hall–Kier alpha value is -2.94. The number of hydrogen-bond donors (Lipinski definition) is 2. The van der Waals surface area contributed by atoms with E-state index in [9.17, 15) is 9.59 Å². The fraction of sp³-hybridized carbons (Fsp3) is 0.222. The molecule has 1 atom stereocenters. The normalized spacial score (nSPS) is 12.0. The maximum absolute atomic E-state index is 12.4. The van der Waals surface area contributed by atoms with Crippen LogP contribution >= 0.6 is 15.9 Å². The highest BCUT2D eigenvalue weighted by atomic mass is 79.9. The van der Waals surface area contributed by atoms with Gasteiger partial charge in [0.2, 0.25) is 5.91 Å². The van der Waals surface area contributed by atoms with Gasteiger partial charge in [0.25, 0.3) is 0 Å². The molecule has 1 unspecified atom stereocenters. The summed E-state index contributed by atoms with van der Waals surface area (Å²) in [5.74, 6) is -0.980. The molecule has 0 spiro atoms. The van der Waals surface area contributed by atoms with Crippen molar-refractivity contribution in [2.45, 2.75) is 26.4 Å². The van der Waals surface area contributed by atoms with E-state index >= 15 is 0 Å². The summed E-state index contributed by atoms with van der Waals surface area (Å²) in [5, 5.41) is 20.1. The summed E-state index contributed by atoms with van der Waals surface area (Å²) < 4.78 is 4.12. The van der Waals surface area contributed by atoms with Gasteiger partial charge in [-0.2, -0.15) is 10.2 Å². The summed E-state index contributed by atoms with van der Waals surface area (Å²) in [6.07, 6.45) is 2.53. The summed E-state index contributed by atoms with van der Waals surface area (Å²) in [4.78, 5) is 23.4. The van der Waals surface area contributed by atoms with Crippen molar-refractivity contribution in [3.63, 3.8) is 0 Å². The lowest BCUT2D eigenvalue weighted by molar-refractivity contribution is -0.119. The van der Waals surface area contributed by atoms with E-state index in [0.29, 0.717) is 12.4 Å². The molecule has 0 aliphatic heterocycles. The lowest BCUT2D eigenvalue weighted by Gasteiger charge is -2.11. The van der Waals surface area contributed by atoms with Gasteiger partial charge in [-0.05, 0) is 31.5 Å². The van der Waals surface area contributed by atoms with E-state index in [4.69, 9.17) is 5.11 Å². The highest BCUT2D eigenvalue weighted by Crippen LogP contribution is 2.16. The number of amides is 1. The number of carboxylic acid groups (broad SMARTS) is 1. The fourth-order valence-corrected chi connectivity index (χ4v) is 2.77. The molecule has 0 saturated heterocycles. The summed E-state index contributed by atoms with van der Waals surface area (Å²) in [5.41, 5.74) is 2.03. The largest absolute Gasteiger partial charge is 0.478 e. The average molecular weight is 432 g/mol. The number of carbonyl (C=O) groups excluding carboxylic acids is 1. The number of aromatic carboxylic acids is 1. The molecule has 3 rings (SSSR count). The average Bonchev–Trinajstić information content (AvgIpc) is 3.24. The number of nitrogens with zero attached hydrogens (tertiary/aromatic N) is 4. The monoisotopic (exact) mass is 431 g/mol. The SMILES string of the molecule is Cc1cc(NC(=O)C(C)n2cc(C(=O)O)cn2)nn1Cc1ccc(Br)cc1. The molecule has 0 aliphatic carbocycles. The van der Waals surface area contributed by atoms with Crippen LogP contribution in [0.15, 0.2) is 47.2 Å². The minimum absolute atomic E-state index is 0.0317. The number of rotatable bonds is 6. The van der Waals surface area contributed by atoms with E-state index in [1.54, 1.807) is 17.7 Å². The lowest BCUT2D eigenvalue weighted by atomic mass is 10.2. The van der Waals surface area contributed by atoms with Crippen molar-refractivity contribution >= 4 is 33.6 Å². The predicted octanol–water partition coefficient (Wildman–Crippen LogP) is 3.10. The summed E-state index contributed by atoms with van der Waals surface area (Å²) in [7, 11) is 0. The van der Waals surface area contributed by atoms with Crippen molar-refractivity contribution in [1.29, 1.82) is 0 Å². The number of nitrogens with one attached hydrogen (secondary N) is 1. The van der Waals surface area contributed by atoms with Crippen LogP contribution < -0.4 is 5.32 Å². The Kier molecular flexibility index (Phi) is 5.41. The predicted molar refractivity (Wildman–Crippen MR) is 103 cm³/mol. The zero-order chi connectivity index (χ0) is 19.6. The van der Waals surface area contributed by atoms with Crippen LogP contribution in [0.1, 0.15) is 34.6 Å². The van der Waals surface area contributed by atoms with Gasteiger partial charge in [-0.15, -0.1) is 0 Å². The van der Waals surface area contributed by atoms with Crippen LogP contribution in [-0.2, 0) is 11.3 Å².